The minimum absolute atomic E-state index is 0.254. The van der Waals surface area contributed by atoms with Gasteiger partial charge in [0.05, 0.1) is 10.7 Å². The molecular weight excluding hydrogens is 312 g/mol. The number of hydrogen-bond donors (Lipinski definition) is 1. The number of nitrogens with one attached hydrogen (secondary N) is 1. The van der Waals surface area contributed by atoms with Crippen molar-refractivity contribution in [2.75, 3.05) is 24.5 Å². The summed E-state index contributed by atoms with van der Waals surface area (Å²) in [5, 5.41) is 4.54. The number of halogens is 2. The van der Waals surface area contributed by atoms with Crippen LogP contribution in [0.4, 0.5) is 5.69 Å². The molecule has 2 aliphatic rings. The van der Waals surface area contributed by atoms with E-state index in [0.717, 1.165) is 40.7 Å². The molecule has 1 saturated heterocycles. The van der Waals surface area contributed by atoms with Gasteiger partial charge in [-0.3, -0.25) is 0 Å². The molecule has 18 heavy (non-hydrogen) atoms. The third-order valence-corrected chi connectivity index (χ3v) is 4.97. The fourth-order valence-corrected chi connectivity index (χ4v) is 3.52. The van der Waals surface area contributed by atoms with E-state index < -0.39 is 0 Å². The highest BCUT2D eigenvalue weighted by atomic mass is 79.9. The fraction of sp³-hybridized carbons (Fsp3) is 0.571. The molecule has 0 bridgehead atoms. The van der Waals surface area contributed by atoms with Gasteiger partial charge < -0.3 is 10.2 Å². The van der Waals surface area contributed by atoms with E-state index in [1.165, 1.54) is 12.8 Å². The molecular formula is C14H18BrClN2. The van der Waals surface area contributed by atoms with Crippen molar-refractivity contribution < 1.29 is 0 Å². The second kappa shape index (κ2) is 4.69. The van der Waals surface area contributed by atoms with Crippen LogP contribution in [-0.4, -0.2) is 25.2 Å². The Balaban J connectivity index is 1.85. The molecule has 1 aromatic carbocycles. The maximum atomic E-state index is 6.33. The fourth-order valence-electron chi connectivity index (χ4n) is 2.94. The smallest absolute Gasteiger partial charge is 0.0640 e. The van der Waals surface area contributed by atoms with E-state index in [9.17, 15) is 0 Å². The molecule has 1 N–H and O–H groups in total. The van der Waals surface area contributed by atoms with Crippen LogP contribution < -0.4 is 10.2 Å². The summed E-state index contributed by atoms with van der Waals surface area (Å²) in [6, 6.07) is 6.09. The standard InChI is InChI=1S/C14H18BrClN2/c1-14(10-2-3-10)9-18(7-6-17-14)13-8-11(15)4-5-12(13)16/h4-5,8,10,17H,2-3,6-7,9H2,1H3. The van der Waals surface area contributed by atoms with Gasteiger partial charge in [0.2, 0.25) is 0 Å². The third kappa shape index (κ3) is 2.40. The average molecular weight is 330 g/mol. The zero-order valence-corrected chi connectivity index (χ0v) is 12.9. The molecule has 1 saturated carbocycles. The van der Waals surface area contributed by atoms with Gasteiger partial charge in [0, 0.05) is 29.6 Å². The molecule has 1 aromatic rings. The highest BCUT2D eigenvalue weighted by Gasteiger charge is 2.44. The molecule has 98 valence electrons. The molecule has 0 amide bonds. The molecule has 3 rings (SSSR count). The lowest BCUT2D eigenvalue weighted by atomic mass is 9.92. The average Bonchev–Trinajstić information content (AvgIpc) is 3.17. The largest absolute Gasteiger partial charge is 0.367 e. The molecule has 4 heteroatoms. The summed E-state index contributed by atoms with van der Waals surface area (Å²) in [7, 11) is 0. The van der Waals surface area contributed by atoms with E-state index in [2.05, 4.69) is 39.1 Å². The summed E-state index contributed by atoms with van der Waals surface area (Å²) in [5.41, 5.74) is 1.41. The maximum Gasteiger partial charge on any atom is 0.0640 e. The van der Waals surface area contributed by atoms with Crippen LogP contribution in [0.3, 0.4) is 0 Å². The van der Waals surface area contributed by atoms with Crippen LogP contribution >= 0.6 is 27.5 Å². The van der Waals surface area contributed by atoms with Gasteiger partial charge in [-0.15, -0.1) is 0 Å². The number of piperazine rings is 1. The first-order valence-electron chi connectivity index (χ1n) is 6.53. The van der Waals surface area contributed by atoms with Crippen molar-refractivity contribution in [1.82, 2.24) is 5.32 Å². The molecule has 0 radical (unpaired) electrons. The first-order valence-corrected chi connectivity index (χ1v) is 7.71. The lowest BCUT2D eigenvalue weighted by Crippen LogP contribution is -2.60. The molecule has 1 unspecified atom stereocenters. The maximum absolute atomic E-state index is 6.33. The van der Waals surface area contributed by atoms with Crippen LogP contribution in [0.25, 0.3) is 0 Å². The Hall–Kier alpha value is -0.250. The Labute approximate surface area is 122 Å². The quantitative estimate of drug-likeness (QED) is 0.890. The highest BCUT2D eigenvalue weighted by molar-refractivity contribution is 9.10. The number of anilines is 1. The molecule has 1 aliphatic carbocycles. The van der Waals surface area contributed by atoms with Gasteiger partial charge >= 0.3 is 0 Å². The molecule has 2 fully saturated rings. The van der Waals surface area contributed by atoms with Gasteiger partial charge in [-0.25, -0.2) is 0 Å². The van der Waals surface area contributed by atoms with Crippen molar-refractivity contribution in [2.24, 2.45) is 5.92 Å². The van der Waals surface area contributed by atoms with Crippen LogP contribution in [0.2, 0.25) is 5.02 Å². The second-order valence-corrected chi connectivity index (χ2v) is 6.96. The van der Waals surface area contributed by atoms with Crippen molar-refractivity contribution in [3.05, 3.63) is 27.7 Å². The van der Waals surface area contributed by atoms with Crippen molar-refractivity contribution in [1.29, 1.82) is 0 Å². The minimum atomic E-state index is 0.254. The summed E-state index contributed by atoms with van der Waals surface area (Å²) >= 11 is 9.87. The number of benzene rings is 1. The highest BCUT2D eigenvalue weighted by Crippen LogP contribution is 2.42. The second-order valence-electron chi connectivity index (χ2n) is 5.64. The van der Waals surface area contributed by atoms with Gasteiger partial charge in [0.25, 0.3) is 0 Å². The zero-order chi connectivity index (χ0) is 12.8. The van der Waals surface area contributed by atoms with E-state index in [-0.39, 0.29) is 5.54 Å². The van der Waals surface area contributed by atoms with Crippen LogP contribution in [-0.2, 0) is 0 Å². The molecule has 1 heterocycles. The summed E-state index contributed by atoms with van der Waals surface area (Å²) in [4.78, 5) is 2.42. The summed E-state index contributed by atoms with van der Waals surface area (Å²) in [5.74, 6) is 0.839. The minimum Gasteiger partial charge on any atom is -0.367 e. The lowest BCUT2D eigenvalue weighted by molar-refractivity contribution is 0.285. The Morgan fingerprint density at radius 3 is 2.94 bits per heavy atom. The molecule has 1 aliphatic heterocycles. The van der Waals surface area contributed by atoms with E-state index in [1.807, 2.05) is 12.1 Å². The van der Waals surface area contributed by atoms with Crippen LogP contribution in [0.15, 0.2) is 22.7 Å². The van der Waals surface area contributed by atoms with E-state index >= 15 is 0 Å². The summed E-state index contributed by atoms with van der Waals surface area (Å²) in [6.45, 7) is 5.46. The predicted molar refractivity (Wildman–Crippen MR) is 80.5 cm³/mol. The van der Waals surface area contributed by atoms with Gasteiger partial charge in [0.15, 0.2) is 0 Å². The van der Waals surface area contributed by atoms with Crippen molar-refractivity contribution in [2.45, 2.75) is 25.3 Å². The van der Waals surface area contributed by atoms with Crippen LogP contribution in [0.1, 0.15) is 19.8 Å². The molecule has 0 aromatic heterocycles. The molecule has 0 spiro atoms. The van der Waals surface area contributed by atoms with Crippen molar-refractivity contribution in [3.8, 4) is 0 Å². The first-order chi connectivity index (χ1) is 8.58. The van der Waals surface area contributed by atoms with Gasteiger partial charge in [-0.2, -0.15) is 0 Å². The van der Waals surface area contributed by atoms with Crippen LogP contribution in [0.5, 0.6) is 0 Å². The Bertz CT molecular complexity index is 461. The topological polar surface area (TPSA) is 15.3 Å². The Morgan fingerprint density at radius 2 is 2.22 bits per heavy atom. The Kier molecular flexibility index (Phi) is 3.33. The zero-order valence-electron chi connectivity index (χ0n) is 10.5. The Morgan fingerprint density at radius 1 is 1.44 bits per heavy atom. The molecule has 2 nitrogen and oxygen atoms in total. The number of rotatable bonds is 2. The first kappa shape index (κ1) is 12.8. The monoisotopic (exact) mass is 328 g/mol. The molecule has 1 atom stereocenters. The van der Waals surface area contributed by atoms with Crippen LogP contribution in [0, 0.1) is 5.92 Å². The summed E-state index contributed by atoms with van der Waals surface area (Å²) in [6.07, 6.45) is 2.73. The van der Waals surface area contributed by atoms with E-state index in [1.54, 1.807) is 0 Å². The predicted octanol–water partition coefficient (Wildman–Crippen LogP) is 3.68. The number of nitrogens with zero attached hydrogens (tertiary/aromatic N) is 1. The third-order valence-electron chi connectivity index (χ3n) is 4.16. The number of hydrogen-bond acceptors (Lipinski definition) is 2. The van der Waals surface area contributed by atoms with Gasteiger partial charge in [-0.05, 0) is 43.9 Å². The van der Waals surface area contributed by atoms with Crippen molar-refractivity contribution >= 4 is 33.2 Å². The summed E-state index contributed by atoms with van der Waals surface area (Å²) < 4.78 is 1.09. The lowest BCUT2D eigenvalue weighted by Gasteiger charge is -2.43. The van der Waals surface area contributed by atoms with Gasteiger partial charge in [-0.1, -0.05) is 27.5 Å². The van der Waals surface area contributed by atoms with E-state index in [4.69, 9.17) is 11.6 Å². The van der Waals surface area contributed by atoms with E-state index in [0.29, 0.717) is 0 Å². The normalized spacial score (nSPS) is 28.5. The van der Waals surface area contributed by atoms with Gasteiger partial charge in [0.1, 0.15) is 0 Å². The van der Waals surface area contributed by atoms with Crippen molar-refractivity contribution in [3.63, 3.8) is 0 Å². The SMILES string of the molecule is CC1(C2CC2)CN(c2cc(Br)ccc2Cl)CCN1.